The number of esters is 1. The first-order chi connectivity index (χ1) is 14.1. The second kappa shape index (κ2) is 7.83. The highest BCUT2D eigenvalue weighted by molar-refractivity contribution is 5.92. The highest BCUT2D eigenvalue weighted by atomic mass is 16.6. The third kappa shape index (κ3) is 3.61. The highest BCUT2D eigenvalue weighted by Crippen LogP contribution is 2.42. The third-order valence-corrected chi connectivity index (χ3v) is 5.42. The Balaban J connectivity index is 1.87. The zero-order valence-corrected chi connectivity index (χ0v) is 15.7. The molecule has 1 heterocycles. The molecule has 1 aliphatic heterocycles. The quantitative estimate of drug-likeness (QED) is 0.277. The van der Waals surface area contributed by atoms with Gasteiger partial charge in [-0.15, -0.1) is 0 Å². The van der Waals surface area contributed by atoms with Gasteiger partial charge in [-0.05, 0) is 21.9 Å². The van der Waals surface area contributed by atoms with Crippen LogP contribution in [0.1, 0.15) is 23.5 Å². The van der Waals surface area contributed by atoms with E-state index in [4.69, 9.17) is 4.74 Å². The topological polar surface area (TPSA) is 81.8 Å². The Morgan fingerprint density at radius 1 is 1.07 bits per heavy atom. The van der Waals surface area contributed by atoms with Gasteiger partial charge in [0.2, 0.25) is 6.54 Å². The van der Waals surface area contributed by atoms with Gasteiger partial charge in [0.05, 0.1) is 12.5 Å². The fourth-order valence-corrected chi connectivity index (χ4v) is 3.99. The standard InChI is InChI=1S/C23H20N2O4/c26-22-23(13-14-29-22,24-15-17-7-2-1-3-8-17)21(16-25(27)28)20-12-6-10-18-9-4-5-11-19(18)20/h1-12,15,21H,13-14,16H2/t21-,23+/m0/s1. The van der Waals surface area contributed by atoms with Crippen LogP contribution in [0.4, 0.5) is 0 Å². The van der Waals surface area contributed by atoms with E-state index in [-0.39, 0.29) is 11.5 Å². The van der Waals surface area contributed by atoms with Gasteiger partial charge in [-0.1, -0.05) is 72.8 Å². The second-order valence-electron chi connectivity index (χ2n) is 7.12. The van der Waals surface area contributed by atoms with Crippen LogP contribution >= 0.6 is 0 Å². The molecule has 0 amide bonds. The first kappa shape index (κ1) is 18.8. The van der Waals surface area contributed by atoms with Crippen LogP contribution in [0.15, 0.2) is 77.8 Å². The van der Waals surface area contributed by atoms with Crippen molar-refractivity contribution in [2.24, 2.45) is 4.99 Å². The Bertz CT molecular complexity index is 1080. The lowest BCUT2D eigenvalue weighted by Gasteiger charge is -2.29. The SMILES string of the molecule is O=C1OCC[C@@]1(N=Cc1ccccc1)[C@@H](C[N+](=O)[O-])c1cccc2ccccc12. The van der Waals surface area contributed by atoms with E-state index in [1.165, 1.54) is 0 Å². The molecule has 4 rings (SSSR count). The Labute approximate surface area is 168 Å². The molecule has 6 heteroatoms. The normalized spacial score (nSPS) is 20.1. The van der Waals surface area contributed by atoms with Crippen LogP contribution in [0.5, 0.6) is 0 Å². The van der Waals surface area contributed by atoms with Crippen molar-refractivity contribution in [2.75, 3.05) is 13.2 Å². The van der Waals surface area contributed by atoms with Crippen LogP contribution in [-0.2, 0) is 9.53 Å². The van der Waals surface area contributed by atoms with Crippen molar-refractivity contribution in [1.82, 2.24) is 0 Å². The Kier molecular flexibility index (Phi) is 5.08. The molecule has 1 fully saturated rings. The van der Waals surface area contributed by atoms with Crippen molar-refractivity contribution in [3.05, 3.63) is 94.0 Å². The summed E-state index contributed by atoms with van der Waals surface area (Å²) in [7, 11) is 0. The number of fused-ring (bicyclic) bond motifs is 1. The molecule has 0 saturated carbocycles. The summed E-state index contributed by atoms with van der Waals surface area (Å²) in [6, 6.07) is 22.7. The molecule has 6 nitrogen and oxygen atoms in total. The Morgan fingerprint density at radius 3 is 2.52 bits per heavy atom. The number of hydrogen-bond donors (Lipinski definition) is 0. The van der Waals surface area contributed by atoms with Gasteiger partial charge in [-0.3, -0.25) is 15.1 Å². The van der Waals surface area contributed by atoms with Crippen molar-refractivity contribution >= 4 is 23.0 Å². The van der Waals surface area contributed by atoms with Gasteiger partial charge in [0.15, 0.2) is 5.54 Å². The number of cyclic esters (lactones) is 1. The minimum atomic E-state index is -1.33. The molecule has 1 saturated heterocycles. The van der Waals surface area contributed by atoms with Crippen LogP contribution in [0.2, 0.25) is 0 Å². The first-order valence-corrected chi connectivity index (χ1v) is 9.47. The zero-order chi connectivity index (χ0) is 20.3. The molecule has 1 aliphatic rings. The van der Waals surface area contributed by atoms with Crippen LogP contribution in [0, 0.1) is 10.1 Å². The summed E-state index contributed by atoms with van der Waals surface area (Å²) in [6.45, 7) is -0.209. The molecule has 0 bridgehead atoms. The lowest BCUT2D eigenvalue weighted by atomic mass is 9.76. The molecule has 2 atom stereocenters. The molecular formula is C23H20N2O4. The number of ether oxygens (including phenoxy) is 1. The minimum absolute atomic E-state index is 0.198. The van der Waals surface area contributed by atoms with E-state index < -0.39 is 24.0 Å². The molecule has 3 aromatic carbocycles. The van der Waals surface area contributed by atoms with Gasteiger partial charge in [-0.2, -0.15) is 0 Å². The number of rotatable bonds is 6. The summed E-state index contributed by atoms with van der Waals surface area (Å²) in [5.41, 5.74) is 0.237. The molecule has 0 aromatic heterocycles. The summed E-state index contributed by atoms with van der Waals surface area (Å²) < 4.78 is 5.28. The molecule has 29 heavy (non-hydrogen) atoms. The number of carbonyl (C=O) groups excluding carboxylic acids is 1. The largest absolute Gasteiger partial charge is 0.464 e. The van der Waals surface area contributed by atoms with E-state index in [2.05, 4.69) is 4.99 Å². The Morgan fingerprint density at radius 2 is 1.79 bits per heavy atom. The van der Waals surface area contributed by atoms with Crippen LogP contribution < -0.4 is 0 Å². The van der Waals surface area contributed by atoms with Crippen molar-refractivity contribution in [1.29, 1.82) is 0 Å². The van der Waals surface area contributed by atoms with Gasteiger partial charge >= 0.3 is 5.97 Å². The molecule has 146 valence electrons. The number of aliphatic imine (C=N–C) groups is 1. The average molecular weight is 388 g/mol. The number of benzene rings is 3. The summed E-state index contributed by atoms with van der Waals surface area (Å²) in [5, 5.41) is 13.5. The van der Waals surface area contributed by atoms with E-state index in [9.17, 15) is 14.9 Å². The molecule has 0 unspecified atom stereocenters. The molecule has 0 radical (unpaired) electrons. The fourth-order valence-electron chi connectivity index (χ4n) is 3.99. The van der Waals surface area contributed by atoms with Gasteiger partial charge in [-0.25, -0.2) is 4.79 Å². The fraction of sp³-hybridized carbons (Fsp3) is 0.217. The predicted octanol–water partition coefficient (Wildman–Crippen LogP) is 4.00. The van der Waals surface area contributed by atoms with Gasteiger partial charge < -0.3 is 4.74 Å². The smallest absolute Gasteiger partial charge is 0.335 e. The van der Waals surface area contributed by atoms with Gasteiger partial charge in [0.25, 0.3) is 0 Å². The average Bonchev–Trinajstić information content (AvgIpc) is 3.12. The van der Waals surface area contributed by atoms with E-state index in [1.54, 1.807) is 6.21 Å². The van der Waals surface area contributed by atoms with Gasteiger partial charge in [0, 0.05) is 17.6 Å². The zero-order valence-electron chi connectivity index (χ0n) is 15.7. The molecule has 0 N–H and O–H groups in total. The summed E-state index contributed by atoms with van der Waals surface area (Å²) in [6.07, 6.45) is 1.92. The highest BCUT2D eigenvalue weighted by Gasteiger charge is 2.53. The maximum absolute atomic E-state index is 12.9. The van der Waals surface area contributed by atoms with E-state index in [1.807, 2.05) is 72.8 Å². The van der Waals surface area contributed by atoms with Crippen molar-refractivity contribution in [2.45, 2.75) is 17.9 Å². The number of nitrogens with zero attached hydrogens (tertiary/aromatic N) is 2. The second-order valence-corrected chi connectivity index (χ2v) is 7.12. The summed E-state index contributed by atoms with van der Waals surface area (Å²) in [5.74, 6) is -1.25. The molecule has 0 spiro atoms. The maximum Gasteiger partial charge on any atom is 0.335 e. The van der Waals surface area contributed by atoms with Crippen LogP contribution in [0.3, 0.4) is 0 Å². The van der Waals surface area contributed by atoms with Crippen molar-refractivity contribution in [3.8, 4) is 0 Å². The maximum atomic E-state index is 12.9. The van der Waals surface area contributed by atoms with Crippen LogP contribution in [-0.4, -0.2) is 35.8 Å². The number of carbonyl (C=O) groups is 1. The summed E-state index contributed by atoms with van der Waals surface area (Å²) in [4.78, 5) is 28.8. The molecular weight excluding hydrogens is 368 g/mol. The van der Waals surface area contributed by atoms with Crippen molar-refractivity contribution < 1.29 is 14.5 Å². The lowest BCUT2D eigenvalue weighted by molar-refractivity contribution is -0.484. The molecule has 0 aliphatic carbocycles. The van der Waals surface area contributed by atoms with E-state index >= 15 is 0 Å². The minimum Gasteiger partial charge on any atom is -0.464 e. The molecule has 3 aromatic rings. The Hall–Kier alpha value is -3.54. The van der Waals surface area contributed by atoms with Crippen molar-refractivity contribution in [3.63, 3.8) is 0 Å². The summed E-state index contributed by atoms with van der Waals surface area (Å²) >= 11 is 0. The first-order valence-electron chi connectivity index (χ1n) is 9.47. The van der Waals surface area contributed by atoms with E-state index in [0.29, 0.717) is 6.42 Å². The van der Waals surface area contributed by atoms with Crippen LogP contribution in [0.25, 0.3) is 10.8 Å². The monoisotopic (exact) mass is 388 g/mol. The third-order valence-electron chi connectivity index (χ3n) is 5.42. The number of nitro groups is 1. The van der Waals surface area contributed by atoms with Gasteiger partial charge in [0.1, 0.15) is 0 Å². The predicted molar refractivity (Wildman–Crippen MR) is 111 cm³/mol. The lowest BCUT2D eigenvalue weighted by Crippen LogP contribution is -2.42. The van der Waals surface area contributed by atoms with E-state index in [0.717, 1.165) is 21.9 Å². The number of hydrogen-bond acceptors (Lipinski definition) is 5.